The van der Waals surface area contributed by atoms with Crippen molar-refractivity contribution in [3.05, 3.63) is 93.4 Å². The number of carbonyl (C=O) groups is 2. The van der Waals surface area contributed by atoms with E-state index in [-0.39, 0.29) is 18.9 Å². The average molecular weight is 442 g/mol. The number of esters is 1. The summed E-state index contributed by atoms with van der Waals surface area (Å²) in [5.74, 6) is -0.508. The van der Waals surface area contributed by atoms with Gasteiger partial charge < -0.3 is 9.47 Å². The SMILES string of the molecule is COC(=O)Cc1cc(N=[N+]=[N-])c(C)c(NC(=O)OCC2c3ccccc3-c3ccccc32)c1. The number of nitrogens with zero attached hydrogens (tertiary/aromatic N) is 3. The quantitative estimate of drug-likeness (QED) is 0.218. The minimum Gasteiger partial charge on any atom is -0.469 e. The number of fused-ring (bicyclic) bond motifs is 3. The molecule has 166 valence electrons. The Balaban J connectivity index is 1.53. The van der Waals surface area contributed by atoms with E-state index in [2.05, 4.69) is 27.5 Å². The maximum atomic E-state index is 12.7. The van der Waals surface area contributed by atoms with Crippen LogP contribution in [-0.2, 0) is 20.7 Å². The maximum absolute atomic E-state index is 12.7. The average Bonchev–Trinajstić information content (AvgIpc) is 3.14. The Kier molecular flexibility index (Phi) is 6.29. The Labute approximate surface area is 190 Å². The first-order valence-corrected chi connectivity index (χ1v) is 10.4. The third-order valence-electron chi connectivity index (χ3n) is 5.75. The molecule has 3 aromatic rings. The molecule has 0 atom stereocenters. The lowest BCUT2D eigenvalue weighted by Crippen LogP contribution is -2.18. The number of hydrogen-bond acceptors (Lipinski definition) is 5. The van der Waals surface area contributed by atoms with Gasteiger partial charge in [-0.1, -0.05) is 53.6 Å². The molecule has 1 amide bonds. The number of amides is 1. The molecule has 8 heteroatoms. The highest BCUT2D eigenvalue weighted by atomic mass is 16.5. The Hall–Kier alpha value is -4.29. The molecular weight excluding hydrogens is 420 g/mol. The van der Waals surface area contributed by atoms with Crippen LogP contribution in [0.25, 0.3) is 21.6 Å². The molecule has 1 aliphatic carbocycles. The van der Waals surface area contributed by atoms with Crippen LogP contribution in [0.1, 0.15) is 28.2 Å². The molecule has 4 rings (SSSR count). The molecule has 0 heterocycles. The van der Waals surface area contributed by atoms with Crippen LogP contribution in [-0.4, -0.2) is 25.8 Å². The summed E-state index contributed by atoms with van der Waals surface area (Å²) in [5.41, 5.74) is 15.2. The number of ether oxygens (including phenoxy) is 2. The molecular formula is C25H22N4O4. The van der Waals surface area contributed by atoms with Crippen molar-refractivity contribution in [2.75, 3.05) is 19.0 Å². The van der Waals surface area contributed by atoms with Gasteiger partial charge in [0.05, 0.1) is 13.5 Å². The van der Waals surface area contributed by atoms with Crippen molar-refractivity contribution in [2.24, 2.45) is 5.11 Å². The molecule has 0 aliphatic heterocycles. The lowest BCUT2D eigenvalue weighted by molar-refractivity contribution is -0.139. The highest BCUT2D eigenvalue weighted by Gasteiger charge is 2.29. The molecule has 1 aliphatic rings. The normalized spacial score (nSPS) is 11.7. The van der Waals surface area contributed by atoms with Crippen LogP contribution < -0.4 is 5.32 Å². The van der Waals surface area contributed by atoms with Crippen LogP contribution in [0.4, 0.5) is 16.2 Å². The zero-order valence-electron chi connectivity index (χ0n) is 18.2. The number of methoxy groups -OCH3 is 1. The van der Waals surface area contributed by atoms with Gasteiger partial charge in [0.15, 0.2) is 0 Å². The summed E-state index contributed by atoms with van der Waals surface area (Å²) in [7, 11) is 1.29. The van der Waals surface area contributed by atoms with Crippen molar-refractivity contribution in [3.63, 3.8) is 0 Å². The van der Waals surface area contributed by atoms with Gasteiger partial charge in [0.2, 0.25) is 0 Å². The molecule has 8 nitrogen and oxygen atoms in total. The third-order valence-corrected chi connectivity index (χ3v) is 5.75. The predicted molar refractivity (Wildman–Crippen MR) is 124 cm³/mol. The van der Waals surface area contributed by atoms with Gasteiger partial charge in [0, 0.05) is 22.2 Å². The topological polar surface area (TPSA) is 113 Å². The Morgan fingerprint density at radius 2 is 1.70 bits per heavy atom. The fraction of sp³-hybridized carbons (Fsp3) is 0.200. The largest absolute Gasteiger partial charge is 0.469 e. The zero-order chi connectivity index (χ0) is 23.4. The minimum atomic E-state index is -0.637. The van der Waals surface area contributed by atoms with E-state index in [1.807, 2.05) is 36.4 Å². The first kappa shape index (κ1) is 21.9. The number of nitrogens with one attached hydrogen (secondary N) is 1. The van der Waals surface area contributed by atoms with Crippen LogP contribution in [0.5, 0.6) is 0 Å². The van der Waals surface area contributed by atoms with E-state index >= 15 is 0 Å². The minimum absolute atomic E-state index is 0.0237. The summed E-state index contributed by atoms with van der Waals surface area (Å²) in [6.45, 7) is 1.88. The van der Waals surface area contributed by atoms with E-state index in [0.29, 0.717) is 22.5 Å². The highest BCUT2D eigenvalue weighted by Crippen LogP contribution is 2.44. The van der Waals surface area contributed by atoms with Gasteiger partial charge >= 0.3 is 12.1 Å². The molecule has 0 saturated heterocycles. The van der Waals surface area contributed by atoms with E-state index in [0.717, 1.165) is 22.3 Å². The van der Waals surface area contributed by atoms with E-state index in [9.17, 15) is 9.59 Å². The molecule has 3 aromatic carbocycles. The van der Waals surface area contributed by atoms with Crippen LogP contribution in [0, 0.1) is 6.92 Å². The third kappa shape index (κ3) is 4.51. The molecule has 0 bridgehead atoms. The van der Waals surface area contributed by atoms with Crippen LogP contribution in [0.2, 0.25) is 0 Å². The van der Waals surface area contributed by atoms with Crippen LogP contribution in [0.3, 0.4) is 0 Å². The molecule has 33 heavy (non-hydrogen) atoms. The molecule has 0 fully saturated rings. The van der Waals surface area contributed by atoms with Crippen molar-refractivity contribution in [1.82, 2.24) is 0 Å². The fourth-order valence-corrected chi connectivity index (χ4v) is 4.12. The summed E-state index contributed by atoms with van der Waals surface area (Å²) < 4.78 is 10.3. The molecule has 1 N–H and O–H groups in total. The molecule has 0 spiro atoms. The van der Waals surface area contributed by atoms with Crippen molar-refractivity contribution < 1.29 is 19.1 Å². The van der Waals surface area contributed by atoms with Gasteiger partial charge in [-0.15, -0.1) is 0 Å². The second-order valence-corrected chi connectivity index (χ2v) is 7.68. The summed E-state index contributed by atoms with van der Waals surface area (Å²) in [6.07, 6.45) is -0.661. The monoisotopic (exact) mass is 442 g/mol. The maximum Gasteiger partial charge on any atom is 0.411 e. The predicted octanol–water partition coefficient (Wildman–Crippen LogP) is 6.01. The van der Waals surface area contributed by atoms with E-state index in [1.54, 1.807) is 19.1 Å². The molecule has 0 aromatic heterocycles. The van der Waals surface area contributed by atoms with Gasteiger partial charge in [-0.2, -0.15) is 0 Å². The van der Waals surface area contributed by atoms with E-state index < -0.39 is 12.1 Å². The number of carbonyl (C=O) groups excluding carboxylic acids is 2. The van der Waals surface area contributed by atoms with Gasteiger partial charge in [-0.25, -0.2) is 4.79 Å². The summed E-state index contributed by atoms with van der Waals surface area (Å²) >= 11 is 0. The van der Waals surface area contributed by atoms with Crippen molar-refractivity contribution in [2.45, 2.75) is 19.3 Å². The van der Waals surface area contributed by atoms with E-state index in [4.69, 9.17) is 15.0 Å². The summed E-state index contributed by atoms with van der Waals surface area (Å²) in [4.78, 5) is 27.2. The second kappa shape index (κ2) is 9.46. The van der Waals surface area contributed by atoms with Gasteiger partial charge in [0.25, 0.3) is 0 Å². The first-order chi connectivity index (χ1) is 16.0. The Bertz CT molecular complexity index is 1240. The summed E-state index contributed by atoms with van der Waals surface area (Å²) in [6, 6.07) is 19.4. The Morgan fingerprint density at radius 1 is 1.06 bits per heavy atom. The van der Waals surface area contributed by atoms with Crippen molar-refractivity contribution in [3.8, 4) is 11.1 Å². The first-order valence-electron chi connectivity index (χ1n) is 10.4. The van der Waals surface area contributed by atoms with Crippen LogP contribution in [0.15, 0.2) is 65.8 Å². The lowest BCUT2D eigenvalue weighted by atomic mass is 9.98. The number of benzene rings is 3. The van der Waals surface area contributed by atoms with Crippen LogP contribution >= 0.6 is 0 Å². The second-order valence-electron chi connectivity index (χ2n) is 7.68. The van der Waals surface area contributed by atoms with Gasteiger partial charge in [-0.05, 0) is 58.0 Å². The fourth-order valence-electron chi connectivity index (χ4n) is 4.12. The van der Waals surface area contributed by atoms with Gasteiger partial charge in [0.1, 0.15) is 6.61 Å². The standard InChI is InChI=1S/C25H22N4O4/c1-15-22(11-16(13-24(30)32-2)12-23(15)28-29-26)27-25(31)33-14-21-19-9-5-3-7-17(19)18-8-4-6-10-20(18)21/h3-12,21H,13-14H2,1-2H3,(H,27,31). The van der Waals surface area contributed by atoms with Gasteiger partial charge in [-0.3, -0.25) is 10.1 Å². The lowest BCUT2D eigenvalue weighted by Gasteiger charge is -2.16. The molecule has 0 saturated carbocycles. The van der Waals surface area contributed by atoms with E-state index in [1.165, 1.54) is 7.11 Å². The number of rotatable bonds is 6. The summed E-state index contributed by atoms with van der Waals surface area (Å²) in [5, 5.41) is 6.38. The number of hydrogen-bond donors (Lipinski definition) is 1. The molecule has 0 radical (unpaired) electrons. The van der Waals surface area contributed by atoms with Crippen molar-refractivity contribution >= 4 is 23.4 Å². The zero-order valence-corrected chi connectivity index (χ0v) is 18.2. The number of anilines is 1. The smallest absolute Gasteiger partial charge is 0.411 e. The van der Waals surface area contributed by atoms with Crippen molar-refractivity contribution in [1.29, 1.82) is 0 Å². The number of azide groups is 1. The Morgan fingerprint density at radius 3 is 2.30 bits per heavy atom. The highest BCUT2D eigenvalue weighted by molar-refractivity contribution is 5.88. The molecule has 0 unspecified atom stereocenters.